The van der Waals surface area contributed by atoms with Gasteiger partial charge in [0.2, 0.25) is 0 Å². The van der Waals surface area contributed by atoms with E-state index in [9.17, 15) is 0 Å². The summed E-state index contributed by atoms with van der Waals surface area (Å²) in [5.41, 5.74) is 5.25. The van der Waals surface area contributed by atoms with Crippen LogP contribution in [-0.2, 0) is 19.9 Å². The molecular weight excluding hydrogens is 188 g/mol. The van der Waals surface area contributed by atoms with Crippen molar-refractivity contribution in [2.24, 2.45) is 18.8 Å². The highest BCUT2D eigenvalue weighted by molar-refractivity contribution is 5.11. The molecule has 15 heavy (non-hydrogen) atoms. The Morgan fingerprint density at radius 3 is 2.60 bits per heavy atom. The highest BCUT2D eigenvalue weighted by Gasteiger charge is 2.14. The molecule has 1 heterocycles. The van der Waals surface area contributed by atoms with Crippen LogP contribution in [0.15, 0.2) is 6.07 Å². The Balaban J connectivity index is 2.74. The monoisotopic (exact) mass is 210 g/mol. The molecule has 1 atom stereocenters. The smallest absolute Gasteiger partial charge is 0.0624 e. The first kappa shape index (κ1) is 12.2. The van der Waals surface area contributed by atoms with Gasteiger partial charge in [0.15, 0.2) is 0 Å². The average Bonchev–Trinajstić information content (AvgIpc) is 2.55. The lowest BCUT2D eigenvalue weighted by atomic mass is 10.00. The van der Waals surface area contributed by atoms with E-state index in [4.69, 9.17) is 5.84 Å². The number of hydrogen-bond acceptors (Lipinski definition) is 3. The molecule has 0 saturated carbocycles. The van der Waals surface area contributed by atoms with Crippen LogP contribution in [0.4, 0.5) is 0 Å². The minimum atomic E-state index is 0.310. The van der Waals surface area contributed by atoms with Crippen LogP contribution in [0.1, 0.15) is 32.2 Å². The van der Waals surface area contributed by atoms with E-state index in [-0.39, 0.29) is 0 Å². The summed E-state index contributed by atoms with van der Waals surface area (Å²) >= 11 is 0. The van der Waals surface area contributed by atoms with Crippen LogP contribution in [0.5, 0.6) is 0 Å². The van der Waals surface area contributed by atoms with Crippen LogP contribution < -0.4 is 11.3 Å². The summed E-state index contributed by atoms with van der Waals surface area (Å²) in [6, 6.07) is 2.47. The first-order chi connectivity index (χ1) is 7.08. The molecule has 0 radical (unpaired) electrons. The van der Waals surface area contributed by atoms with Gasteiger partial charge in [-0.2, -0.15) is 5.10 Å². The fourth-order valence-corrected chi connectivity index (χ4v) is 1.65. The SMILES string of the molecule is CCc1cc(CC(NN)C(C)C)n(C)n1. The molecule has 4 nitrogen and oxygen atoms in total. The van der Waals surface area contributed by atoms with E-state index in [0.717, 1.165) is 18.5 Å². The Labute approximate surface area is 91.8 Å². The number of rotatable bonds is 5. The highest BCUT2D eigenvalue weighted by atomic mass is 15.3. The molecular formula is C11H22N4. The molecule has 0 amide bonds. The van der Waals surface area contributed by atoms with E-state index < -0.39 is 0 Å². The molecule has 1 unspecified atom stereocenters. The van der Waals surface area contributed by atoms with Crippen LogP contribution in [-0.4, -0.2) is 15.8 Å². The molecule has 3 N–H and O–H groups in total. The Morgan fingerprint density at radius 1 is 1.53 bits per heavy atom. The van der Waals surface area contributed by atoms with Crippen molar-refractivity contribution in [3.8, 4) is 0 Å². The molecule has 0 aliphatic carbocycles. The van der Waals surface area contributed by atoms with Gasteiger partial charge in [-0.15, -0.1) is 0 Å². The van der Waals surface area contributed by atoms with E-state index in [1.54, 1.807) is 0 Å². The normalized spacial score (nSPS) is 13.5. The number of nitrogens with zero attached hydrogens (tertiary/aromatic N) is 2. The standard InChI is InChI=1S/C11H22N4/c1-5-9-6-10(15(4)14-9)7-11(13-12)8(2)3/h6,8,11,13H,5,7,12H2,1-4H3. The van der Waals surface area contributed by atoms with Crippen molar-refractivity contribution in [3.63, 3.8) is 0 Å². The maximum absolute atomic E-state index is 5.53. The number of nitrogens with two attached hydrogens (primary N) is 1. The lowest BCUT2D eigenvalue weighted by Gasteiger charge is -2.19. The molecule has 86 valence electrons. The number of hydrogen-bond donors (Lipinski definition) is 2. The van der Waals surface area contributed by atoms with E-state index >= 15 is 0 Å². The molecule has 0 bridgehead atoms. The van der Waals surface area contributed by atoms with Crippen LogP contribution in [0.3, 0.4) is 0 Å². The molecule has 1 aromatic heterocycles. The lowest BCUT2D eigenvalue weighted by molar-refractivity contribution is 0.396. The van der Waals surface area contributed by atoms with Gasteiger partial charge in [-0.3, -0.25) is 16.0 Å². The summed E-state index contributed by atoms with van der Waals surface area (Å²) in [7, 11) is 1.99. The van der Waals surface area contributed by atoms with Gasteiger partial charge in [0.25, 0.3) is 0 Å². The molecule has 0 spiro atoms. The minimum absolute atomic E-state index is 0.310. The van der Waals surface area contributed by atoms with Gasteiger partial charge in [0, 0.05) is 25.2 Å². The fraction of sp³-hybridized carbons (Fsp3) is 0.727. The van der Waals surface area contributed by atoms with E-state index in [0.29, 0.717) is 12.0 Å². The fourth-order valence-electron chi connectivity index (χ4n) is 1.65. The Morgan fingerprint density at radius 2 is 2.20 bits per heavy atom. The predicted octanol–water partition coefficient (Wildman–Crippen LogP) is 1.01. The van der Waals surface area contributed by atoms with Crippen molar-refractivity contribution < 1.29 is 0 Å². The van der Waals surface area contributed by atoms with Gasteiger partial charge in [0.1, 0.15) is 0 Å². The Hall–Kier alpha value is -0.870. The molecule has 0 fully saturated rings. The maximum Gasteiger partial charge on any atom is 0.0624 e. The zero-order valence-electron chi connectivity index (χ0n) is 10.1. The summed E-state index contributed by atoms with van der Waals surface area (Å²) in [5.74, 6) is 6.05. The van der Waals surface area contributed by atoms with Gasteiger partial charge in [-0.05, 0) is 18.4 Å². The Kier molecular flexibility index (Phi) is 4.29. The van der Waals surface area contributed by atoms with Crippen molar-refractivity contribution >= 4 is 0 Å². The number of nitrogens with one attached hydrogen (secondary N) is 1. The van der Waals surface area contributed by atoms with Crippen LogP contribution in [0.2, 0.25) is 0 Å². The second kappa shape index (κ2) is 5.28. The molecule has 4 heteroatoms. The second-order valence-corrected chi connectivity index (χ2v) is 4.33. The summed E-state index contributed by atoms with van der Waals surface area (Å²) < 4.78 is 1.95. The van der Waals surface area contributed by atoms with Crippen molar-refractivity contribution in [3.05, 3.63) is 17.5 Å². The van der Waals surface area contributed by atoms with Gasteiger partial charge in [0.05, 0.1) is 5.69 Å². The first-order valence-electron chi connectivity index (χ1n) is 5.56. The van der Waals surface area contributed by atoms with Gasteiger partial charge < -0.3 is 0 Å². The summed E-state index contributed by atoms with van der Waals surface area (Å²) in [4.78, 5) is 0. The second-order valence-electron chi connectivity index (χ2n) is 4.33. The zero-order valence-corrected chi connectivity index (χ0v) is 10.1. The lowest BCUT2D eigenvalue weighted by Crippen LogP contribution is -2.40. The molecule has 1 rings (SSSR count). The van der Waals surface area contributed by atoms with Gasteiger partial charge in [-0.25, -0.2) is 0 Å². The highest BCUT2D eigenvalue weighted by Crippen LogP contribution is 2.11. The van der Waals surface area contributed by atoms with Crippen molar-refractivity contribution in [1.82, 2.24) is 15.2 Å². The van der Waals surface area contributed by atoms with Crippen LogP contribution >= 0.6 is 0 Å². The van der Waals surface area contributed by atoms with Crippen molar-refractivity contribution in [1.29, 1.82) is 0 Å². The molecule has 0 aromatic carbocycles. The maximum atomic E-state index is 5.53. The average molecular weight is 210 g/mol. The molecule has 1 aromatic rings. The summed E-state index contributed by atoms with van der Waals surface area (Å²) in [6.45, 7) is 6.45. The molecule has 0 aliphatic heterocycles. The summed E-state index contributed by atoms with van der Waals surface area (Å²) in [5, 5.41) is 4.42. The van der Waals surface area contributed by atoms with Crippen LogP contribution in [0, 0.1) is 5.92 Å². The van der Waals surface area contributed by atoms with Crippen LogP contribution in [0.25, 0.3) is 0 Å². The van der Waals surface area contributed by atoms with Gasteiger partial charge >= 0.3 is 0 Å². The predicted molar refractivity (Wildman–Crippen MR) is 62.2 cm³/mol. The van der Waals surface area contributed by atoms with E-state index in [1.807, 2.05) is 11.7 Å². The van der Waals surface area contributed by atoms with E-state index in [2.05, 4.69) is 37.4 Å². The van der Waals surface area contributed by atoms with Crippen molar-refractivity contribution in [2.75, 3.05) is 0 Å². The third-order valence-electron chi connectivity index (χ3n) is 2.84. The first-order valence-corrected chi connectivity index (χ1v) is 5.56. The molecule has 0 saturated heterocycles. The topological polar surface area (TPSA) is 55.9 Å². The molecule has 0 aliphatic rings. The number of aromatic nitrogens is 2. The summed E-state index contributed by atoms with van der Waals surface area (Å²) in [6.07, 6.45) is 1.91. The van der Waals surface area contributed by atoms with Gasteiger partial charge in [-0.1, -0.05) is 20.8 Å². The zero-order chi connectivity index (χ0) is 11.4. The van der Waals surface area contributed by atoms with E-state index in [1.165, 1.54) is 5.69 Å². The minimum Gasteiger partial charge on any atom is -0.272 e. The Bertz CT molecular complexity index is 304. The third kappa shape index (κ3) is 3.04. The largest absolute Gasteiger partial charge is 0.272 e. The number of hydrazine groups is 1. The van der Waals surface area contributed by atoms with Crippen molar-refractivity contribution in [2.45, 2.75) is 39.7 Å². The third-order valence-corrected chi connectivity index (χ3v) is 2.84. The number of aryl methyl sites for hydroxylation is 2. The quantitative estimate of drug-likeness (QED) is 0.563.